The van der Waals surface area contributed by atoms with Gasteiger partial charge in [0.05, 0.1) is 5.56 Å². The zero-order valence-corrected chi connectivity index (χ0v) is 12.6. The summed E-state index contributed by atoms with van der Waals surface area (Å²) in [7, 11) is 3.12. The smallest absolute Gasteiger partial charge is 0.320 e. The number of rotatable bonds is 4. The summed E-state index contributed by atoms with van der Waals surface area (Å²) in [5, 5.41) is 8.77. The summed E-state index contributed by atoms with van der Waals surface area (Å²) >= 11 is 1.90. The van der Waals surface area contributed by atoms with E-state index in [9.17, 15) is 14.0 Å². The lowest BCUT2D eigenvalue weighted by Crippen LogP contribution is -2.33. The number of halogens is 2. The molecule has 19 heavy (non-hydrogen) atoms. The van der Waals surface area contributed by atoms with E-state index in [1.165, 1.54) is 11.0 Å². The lowest BCUT2D eigenvalue weighted by Gasteiger charge is -2.15. The molecule has 1 unspecified atom stereocenters. The molecule has 1 rings (SSSR count). The van der Waals surface area contributed by atoms with Crippen LogP contribution in [0.5, 0.6) is 0 Å². The molecule has 1 amide bonds. The average Bonchev–Trinajstić information content (AvgIpc) is 2.31. The Morgan fingerprint density at radius 1 is 1.47 bits per heavy atom. The van der Waals surface area contributed by atoms with Crippen LogP contribution in [0, 0.1) is 9.39 Å². The van der Waals surface area contributed by atoms with Crippen LogP contribution in [0.25, 0.3) is 0 Å². The summed E-state index contributed by atoms with van der Waals surface area (Å²) in [6.07, 6.45) is -0.0287. The van der Waals surface area contributed by atoms with E-state index in [0.29, 0.717) is 9.13 Å². The summed E-state index contributed by atoms with van der Waals surface area (Å²) in [5.74, 6) is -2.09. The number of carbonyl (C=O) groups excluding carboxylic acids is 1. The lowest BCUT2D eigenvalue weighted by molar-refractivity contribution is -0.138. The molecule has 3 N–H and O–H groups in total. The van der Waals surface area contributed by atoms with E-state index in [1.54, 1.807) is 14.1 Å². The van der Waals surface area contributed by atoms with Gasteiger partial charge in [-0.2, -0.15) is 0 Å². The van der Waals surface area contributed by atoms with Gasteiger partial charge in [0.1, 0.15) is 11.9 Å². The number of nitrogens with zero attached hydrogens (tertiary/aromatic N) is 1. The fourth-order valence-electron chi connectivity index (χ4n) is 1.51. The van der Waals surface area contributed by atoms with E-state index in [4.69, 9.17) is 10.8 Å². The third-order valence-corrected chi connectivity index (χ3v) is 3.78. The second kappa shape index (κ2) is 6.29. The van der Waals surface area contributed by atoms with E-state index in [-0.39, 0.29) is 17.9 Å². The molecular weight excluding hydrogens is 366 g/mol. The molecule has 104 valence electrons. The van der Waals surface area contributed by atoms with Gasteiger partial charge in [-0.25, -0.2) is 4.39 Å². The summed E-state index contributed by atoms with van der Waals surface area (Å²) in [6, 6.07) is 1.22. The molecule has 0 bridgehead atoms. The maximum Gasteiger partial charge on any atom is 0.320 e. The van der Waals surface area contributed by atoms with Gasteiger partial charge in [-0.05, 0) is 46.7 Å². The Kier molecular flexibility index (Phi) is 5.24. The Bertz CT molecular complexity index is 520. The van der Waals surface area contributed by atoms with Gasteiger partial charge in [-0.3, -0.25) is 9.59 Å². The van der Waals surface area contributed by atoms with Crippen LogP contribution in [0.15, 0.2) is 12.1 Å². The number of carboxylic acid groups (broad SMARTS) is 1. The number of benzene rings is 1. The summed E-state index contributed by atoms with van der Waals surface area (Å²) in [5.41, 5.74) is 6.06. The van der Waals surface area contributed by atoms with Crippen molar-refractivity contribution in [1.82, 2.24) is 4.90 Å². The highest BCUT2D eigenvalue weighted by atomic mass is 127. The first-order valence-electron chi connectivity index (χ1n) is 5.42. The Morgan fingerprint density at radius 3 is 2.53 bits per heavy atom. The Balaban J connectivity index is 3.20. The molecule has 0 saturated carbocycles. The molecule has 0 saturated heterocycles. The minimum atomic E-state index is -1.17. The van der Waals surface area contributed by atoms with Crippen molar-refractivity contribution < 1.29 is 19.1 Å². The van der Waals surface area contributed by atoms with Gasteiger partial charge in [0.15, 0.2) is 0 Å². The minimum Gasteiger partial charge on any atom is -0.480 e. The normalized spacial score (nSPS) is 12.1. The molecule has 0 aliphatic rings. The Hall–Kier alpha value is -1.22. The van der Waals surface area contributed by atoms with Crippen molar-refractivity contribution in [3.05, 3.63) is 32.6 Å². The fourth-order valence-corrected chi connectivity index (χ4v) is 2.28. The van der Waals surface area contributed by atoms with E-state index in [1.807, 2.05) is 22.6 Å². The zero-order chi connectivity index (χ0) is 14.7. The molecule has 0 fully saturated rings. The molecule has 1 aromatic rings. The van der Waals surface area contributed by atoms with Crippen LogP contribution >= 0.6 is 22.6 Å². The quantitative estimate of drug-likeness (QED) is 0.767. The summed E-state index contributed by atoms with van der Waals surface area (Å²) in [6.45, 7) is 0. The van der Waals surface area contributed by atoms with Crippen molar-refractivity contribution in [2.45, 2.75) is 12.5 Å². The summed E-state index contributed by atoms with van der Waals surface area (Å²) in [4.78, 5) is 24.0. The van der Waals surface area contributed by atoms with Crippen LogP contribution in [0.2, 0.25) is 0 Å². The van der Waals surface area contributed by atoms with E-state index in [0.717, 1.165) is 6.07 Å². The Morgan fingerprint density at radius 2 is 2.05 bits per heavy atom. The van der Waals surface area contributed by atoms with Crippen LogP contribution in [0.3, 0.4) is 0 Å². The predicted octanol–water partition coefficient (Wildman–Crippen LogP) is 1.09. The highest BCUT2D eigenvalue weighted by molar-refractivity contribution is 14.1. The number of carboxylic acids is 1. The summed E-state index contributed by atoms with van der Waals surface area (Å²) < 4.78 is 14.0. The maximum atomic E-state index is 13.5. The van der Waals surface area contributed by atoms with E-state index >= 15 is 0 Å². The number of hydrogen-bond acceptors (Lipinski definition) is 3. The molecule has 0 aliphatic heterocycles. The molecule has 0 heterocycles. The molecule has 0 aliphatic carbocycles. The molecule has 1 atom stereocenters. The van der Waals surface area contributed by atoms with Crippen molar-refractivity contribution in [3.8, 4) is 0 Å². The van der Waals surface area contributed by atoms with Gasteiger partial charge in [0.25, 0.3) is 5.91 Å². The molecule has 5 nitrogen and oxygen atoms in total. The number of hydrogen-bond donors (Lipinski definition) is 2. The number of nitrogens with two attached hydrogens (primary N) is 1. The third kappa shape index (κ3) is 3.87. The van der Waals surface area contributed by atoms with E-state index in [2.05, 4.69) is 0 Å². The molecule has 1 aromatic carbocycles. The number of amides is 1. The van der Waals surface area contributed by atoms with Crippen LogP contribution in [0.1, 0.15) is 15.9 Å². The van der Waals surface area contributed by atoms with Crippen molar-refractivity contribution in [2.24, 2.45) is 5.73 Å². The zero-order valence-electron chi connectivity index (χ0n) is 10.5. The maximum absolute atomic E-state index is 13.5. The lowest BCUT2D eigenvalue weighted by atomic mass is 10.0. The van der Waals surface area contributed by atoms with Crippen LogP contribution in [0.4, 0.5) is 4.39 Å². The highest BCUT2D eigenvalue weighted by Crippen LogP contribution is 2.22. The van der Waals surface area contributed by atoms with Gasteiger partial charge in [-0.1, -0.05) is 0 Å². The van der Waals surface area contributed by atoms with Gasteiger partial charge < -0.3 is 15.7 Å². The predicted molar refractivity (Wildman–Crippen MR) is 76.4 cm³/mol. The highest BCUT2D eigenvalue weighted by Gasteiger charge is 2.20. The number of carbonyl (C=O) groups is 2. The average molecular weight is 380 g/mol. The van der Waals surface area contributed by atoms with Crippen LogP contribution in [-0.2, 0) is 11.2 Å². The van der Waals surface area contributed by atoms with Gasteiger partial charge in [0, 0.05) is 17.7 Å². The third-order valence-electron chi connectivity index (χ3n) is 2.51. The minimum absolute atomic E-state index is 0.0287. The first kappa shape index (κ1) is 15.8. The largest absolute Gasteiger partial charge is 0.480 e. The first-order chi connectivity index (χ1) is 8.73. The molecule has 7 heteroatoms. The fraction of sp³-hybridized carbons (Fsp3) is 0.333. The van der Waals surface area contributed by atoms with Crippen LogP contribution in [-0.4, -0.2) is 42.0 Å². The standard InChI is InChI=1S/C12H14FIN2O3/c1-16(2)11(17)8-5-7(13)3-6(10(8)14)4-9(15)12(18)19/h3,5,9H,4,15H2,1-2H3,(H,18,19). The molecule has 0 radical (unpaired) electrons. The van der Waals surface area contributed by atoms with Crippen molar-refractivity contribution in [3.63, 3.8) is 0 Å². The van der Waals surface area contributed by atoms with Crippen molar-refractivity contribution in [1.29, 1.82) is 0 Å². The monoisotopic (exact) mass is 380 g/mol. The SMILES string of the molecule is CN(C)C(=O)c1cc(F)cc(CC(N)C(=O)O)c1I. The molecule has 0 aromatic heterocycles. The second-order valence-electron chi connectivity index (χ2n) is 4.27. The second-order valence-corrected chi connectivity index (χ2v) is 5.35. The molecule has 0 spiro atoms. The number of aliphatic carboxylic acids is 1. The van der Waals surface area contributed by atoms with Crippen LogP contribution < -0.4 is 5.73 Å². The first-order valence-corrected chi connectivity index (χ1v) is 6.50. The van der Waals surface area contributed by atoms with Gasteiger partial charge in [-0.15, -0.1) is 0 Å². The molecular formula is C12H14FIN2O3. The Labute approximate surface area is 123 Å². The van der Waals surface area contributed by atoms with Crippen molar-refractivity contribution in [2.75, 3.05) is 14.1 Å². The van der Waals surface area contributed by atoms with E-state index < -0.39 is 17.8 Å². The van der Waals surface area contributed by atoms with Crippen molar-refractivity contribution >= 4 is 34.5 Å². The topological polar surface area (TPSA) is 83.6 Å². The van der Waals surface area contributed by atoms with Gasteiger partial charge >= 0.3 is 5.97 Å². The van der Waals surface area contributed by atoms with Gasteiger partial charge in [0.2, 0.25) is 0 Å².